The number of hydrogen-bond donors (Lipinski definition) is 1. The van der Waals surface area contributed by atoms with E-state index in [1.54, 1.807) is 6.07 Å². The largest absolute Gasteiger partial charge is 0.485 e. The molecule has 0 aliphatic heterocycles. The van der Waals surface area contributed by atoms with Gasteiger partial charge in [-0.3, -0.25) is 4.68 Å². The van der Waals surface area contributed by atoms with Crippen molar-refractivity contribution in [2.24, 2.45) is 0 Å². The summed E-state index contributed by atoms with van der Waals surface area (Å²) in [5.41, 5.74) is 0.802. The van der Waals surface area contributed by atoms with Crippen LogP contribution in [-0.2, 0) is 13.0 Å². The lowest BCUT2D eigenvalue weighted by molar-refractivity contribution is 0.0697. The normalized spacial score (nSPS) is 12.3. The first-order chi connectivity index (χ1) is 10.0. The van der Waals surface area contributed by atoms with Gasteiger partial charge in [-0.2, -0.15) is 5.10 Å². The minimum absolute atomic E-state index is 0.258. The van der Waals surface area contributed by atoms with E-state index in [0.29, 0.717) is 11.8 Å². The second kappa shape index (κ2) is 6.76. The molecule has 0 bridgehead atoms. The molecule has 0 saturated heterocycles. The van der Waals surface area contributed by atoms with Crippen LogP contribution in [0.5, 0.6) is 5.75 Å². The topological polar surface area (TPSA) is 64.4 Å². The number of thiophene rings is 1. The Hall–Kier alpha value is -1.82. The second-order valence-electron chi connectivity index (χ2n) is 4.90. The first kappa shape index (κ1) is 15.6. The molecule has 0 fully saturated rings. The number of carboxylic acid groups (broad SMARTS) is 1. The van der Waals surface area contributed by atoms with E-state index >= 15 is 0 Å². The third-order valence-corrected chi connectivity index (χ3v) is 4.62. The van der Waals surface area contributed by atoms with Crippen LogP contribution in [0.1, 0.15) is 53.5 Å². The molecule has 21 heavy (non-hydrogen) atoms. The third kappa shape index (κ3) is 3.64. The summed E-state index contributed by atoms with van der Waals surface area (Å²) >= 11 is 1.27. The van der Waals surface area contributed by atoms with Gasteiger partial charge >= 0.3 is 5.97 Å². The van der Waals surface area contributed by atoms with Gasteiger partial charge in [0.05, 0.1) is 5.69 Å². The molecular weight excluding hydrogens is 288 g/mol. The summed E-state index contributed by atoms with van der Waals surface area (Å²) in [4.78, 5) is 12.5. The van der Waals surface area contributed by atoms with Gasteiger partial charge in [0.2, 0.25) is 0 Å². The first-order valence-electron chi connectivity index (χ1n) is 7.08. The number of aromatic nitrogens is 2. The smallest absolute Gasteiger partial charge is 0.349 e. The maximum absolute atomic E-state index is 11.2. The Morgan fingerprint density at radius 2 is 2.29 bits per heavy atom. The molecule has 0 aliphatic rings. The molecule has 2 heterocycles. The van der Waals surface area contributed by atoms with Crippen molar-refractivity contribution in [3.05, 3.63) is 33.8 Å². The van der Waals surface area contributed by atoms with Crippen molar-refractivity contribution >= 4 is 17.3 Å². The molecule has 0 saturated carbocycles. The van der Waals surface area contributed by atoms with Crippen LogP contribution in [0.3, 0.4) is 0 Å². The fourth-order valence-electron chi connectivity index (χ4n) is 1.89. The summed E-state index contributed by atoms with van der Waals surface area (Å²) in [7, 11) is 0. The summed E-state index contributed by atoms with van der Waals surface area (Å²) in [5.74, 6) is -0.512. The predicted octanol–water partition coefficient (Wildman–Crippen LogP) is 3.76. The Labute approximate surface area is 128 Å². The van der Waals surface area contributed by atoms with Gasteiger partial charge in [0, 0.05) is 17.1 Å². The lowest BCUT2D eigenvalue weighted by atomic mass is 10.3. The molecule has 2 rings (SSSR count). The average Bonchev–Trinajstić information content (AvgIpc) is 3.10. The molecule has 5 nitrogen and oxygen atoms in total. The quantitative estimate of drug-likeness (QED) is 0.846. The molecule has 0 aromatic carbocycles. The molecule has 0 radical (unpaired) electrons. The second-order valence-corrected chi connectivity index (χ2v) is 6.03. The zero-order valence-corrected chi connectivity index (χ0v) is 13.3. The van der Waals surface area contributed by atoms with Crippen molar-refractivity contribution in [2.75, 3.05) is 0 Å². The zero-order chi connectivity index (χ0) is 15.4. The van der Waals surface area contributed by atoms with Crippen LogP contribution in [0.4, 0.5) is 0 Å². The molecule has 1 N–H and O–H groups in total. The highest BCUT2D eigenvalue weighted by atomic mass is 32.1. The van der Waals surface area contributed by atoms with E-state index in [9.17, 15) is 9.90 Å². The Kier molecular flexibility index (Phi) is 5.01. The number of aryl methyl sites for hydroxylation is 1. The van der Waals surface area contributed by atoms with Gasteiger partial charge in [0.1, 0.15) is 12.4 Å². The van der Waals surface area contributed by atoms with Gasteiger partial charge in [-0.1, -0.05) is 13.8 Å². The molecule has 0 spiro atoms. The molecule has 1 unspecified atom stereocenters. The molecule has 0 aliphatic carbocycles. The van der Waals surface area contributed by atoms with Crippen molar-refractivity contribution in [1.29, 1.82) is 0 Å². The molecule has 6 heteroatoms. The van der Waals surface area contributed by atoms with Gasteiger partial charge in [0.25, 0.3) is 0 Å². The van der Waals surface area contributed by atoms with E-state index < -0.39 is 5.97 Å². The van der Waals surface area contributed by atoms with E-state index in [1.807, 2.05) is 23.9 Å². The highest BCUT2D eigenvalue weighted by Gasteiger charge is 2.16. The number of ether oxygens (including phenoxy) is 1. The maximum Gasteiger partial charge on any atom is 0.349 e. The monoisotopic (exact) mass is 308 g/mol. The zero-order valence-electron chi connectivity index (χ0n) is 12.5. The van der Waals surface area contributed by atoms with E-state index in [0.717, 1.165) is 23.4 Å². The molecular formula is C15H20N2O3S. The molecule has 0 amide bonds. The van der Waals surface area contributed by atoms with Crippen LogP contribution in [0.2, 0.25) is 0 Å². The Morgan fingerprint density at radius 3 is 2.90 bits per heavy atom. The maximum atomic E-state index is 11.2. The molecule has 2 aromatic heterocycles. The summed E-state index contributed by atoms with van der Waals surface area (Å²) in [6.45, 7) is 6.49. The lowest BCUT2D eigenvalue weighted by Gasteiger charge is -2.08. The number of carboxylic acids is 1. The van der Waals surface area contributed by atoms with Crippen LogP contribution in [0, 0.1) is 0 Å². The Bertz CT molecular complexity index is 618. The van der Waals surface area contributed by atoms with Crippen molar-refractivity contribution in [3.63, 3.8) is 0 Å². The fraction of sp³-hybridized carbons (Fsp3) is 0.467. The SMILES string of the molecule is CCc1cc(OCc2ccn(C(C)CC)n2)c(C(=O)O)s1. The van der Waals surface area contributed by atoms with Crippen LogP contribution in [-0.4, -0.2) is 20.9 Å². The lowest BCUT2D eigenvalue weighted by Crippen LogP contribution is -2.06. The summed E-state index contributed by atoms with van der Waals surface area (Å²) in [6, 6.07) is 4.06. The molecule has 1 atom stereocenters. The van der Waals surface area contributed by atoms with Crippen molar-refractivity contribution < 1.29 is 14.6 Å². The number of carbonyl (C=O) groups is 1. The van der Waals surface area contributed by atoms with E-state index in [-0.39, 0.29) is 11.5 Å². The van der Waals surface area contributed by atoms with Gasteiger partial charge in [-0.05, 0) is 31.9 Å². The van der Waals surface area contributed by atoms with Crippen LogP contribution in [0.25, 0.3) is 0 Å². The molecule has 114 valence electrons. The number of nitrogens with zero attached hydrogens (tertiary/aromatic N) is 2. The summed E-state index contributed by atoms with van der Waals surface area (Å²) in [5, 5.41) is 13.6. The first-order valence-corrected chi connectivity index (χ1v) is 7.89. The van der Waals surface area contributed by atoms with Gasteiger partial charge in [-0.15, -0.1) is 11.3 Å². The number of aromatic carboxylic acids is 1. The highest BCUT2D eigenvalue weighted by Crippen LogP contribution is 2.30. The number of rotatable bonds is 7. The predicted molar refractivity (Wildman–Crippen MR) is 82.2 cm³/mol. The van der Waals surface area contributed by atoms with Gasteiger partial charge in [-0.25, -0.2) is 4.79 Å². The van der Waals surface area contributed by atoms with Crippen LogP contribution >= 0.6 is 11.3 Å². The third-order valence-electron chi connectivity index (χ3n) is 3.37. The Balaban J connectivity index is 2.07. The summed E-state index contributed by atoms with van der Waals surface area (Å²) < 4.78 is 7.55. The fourth-order valence-corrected chi connectivity index (χ4v) is 2.77. The van der Waals surface area contributed by atoms with E-state index in [1.165, 1.54) is 11.3 Å². The standard InChI is InChI=1S/C15H20N2O3S/c1-4-10(3)17-7-6-11(16-17)9-20-13-8-12(5-2)21-14(13)15(18)19/h6-8,10H,4-5,9H2,1-3H3,(H,18,19). The van der Waals surface area contributed by atoms with Gasteiger partial charge < -0.3 is 9.84 Å². The van der Waals surface area contributed by atoms with E-state index in [4.69, 9.17) is 4.74 Å². The van der Waals surface area contributed by atoms with Gasteiger partial charge in [0.15, 0.2) is 4.88 Å². The minimum Gasteiger partial charge on any atom is -0.485 e. The number of hydrogen-bond acceptors (Lipinski definition) is 4. The van der Waals surface area contributed by atoms with Crippen LogP contribution < -0.4 is 4.74 Å². The van der Waals surface area contributed by atoms with Crippen LogP contribution in [0.15, 0.2) is 18.3 Å². The Morgan fingerprint density at radius 1 is 1.52 bits per heavy atom. The average molecular weight is 308 g/mol. The molecule has 2 aromatic rings. The van der Waals surface area contributed by atoms with E-state index in [2.05, 4.69) is 18.9 Å². The highest BCUT2D eigenvalue weighted by molar-refractivity contribution is 7.14. The van der Waals surface area contributed by atoms with Crippen molar-refractivity contribution in [2.45, 2.75) is 46.3 Å². The van der Waals surface area contributed by atoms with Crippen molar-refractivity contribution in [1.82, 2.24) is 9.78 Å². The minimum atomic E-state index is -0.945. The van der Waals surface area contributed by atoms with Crippen molar-refractivity contribution in [3.8, 4) is 5.75 Å². The summed E-state index contributed by atoms with van der Waals surface area (Å²) in [6.07, 6.45) is 3.74.